The summed E-state index contributed by atoms with van der Waals surface area (Å²) in [5.74, 6) is 0.695. The number of hydrogen-bond acceptors (Lipinski definition) is 4. The van der Waals surface area contributed by atoms with Gasteiger partial charge in [0.15, 0.2) is 0 Å². The smallest absolute Gasteiger partial charge is 0.269 e. The predicted octanol–water partition coefficient (Wildman–Crippen LogP) is 1.59. The molecule has 1 aliphatic heterocycles. The SMILES string of the molecule is CNC(=O)c1cccc(N2CCN[C@H](c3ccccc3)C2)n1. The Morgan fingerprint density at radius 2 is 2.05 bits per heavy atom. The number of carbonyl (C=O) groups excluding carboxylic acids is 1. The summed E-state index contributed by atoms with van der Waals surface area (Å²) in [7, 11) is 1.62. The zero-order chi connectivity index (χ0) is 15.4. The number of nitrogens with one attached hydrogen (secondary N) is 2. The molecule has 1 atom stereocenters. The van der Waals surface area contributed by atoms with E-state index >= 15 is 0 Å². The number of aromatic nitrogens is 1. The van der Waals surface area contributed by atoms with Crippen LogP contribution in [0.1, 0.15) is 22.1 Å². The second kappa shape index (κ2) is 6.58. The third-order valence-corrected chi connectivity index (χ3v) is 3.90. The Balaban J connectivity index is 1.79. The lowest BCUT2D eigenvalue weighted by atomic mass is 10.0. The second-order valence-electron chi connectivity index (χ2n) is 5.32. The van der Waals surface area contributed by atoms with E-state index in [2.05, 4.69) is 44.8 Å². The van der Waals surface area contributed by atoms with Crippen molar-refractivity contribution in [2.24, 2.45) is 0 Å². The molecule has 1 fully saturated rings. The van der Waals surface area contributed by atoms with Gasteiger partial charge >= 0.3 is 0 Å². The fourth-order valence-corrected chi connectivity index (χ4v) is 2.72. The quantitative estimate of drug-likeness (QED) is 0.903. The van der Waals surface area contributed by atoms with Crippen LogP contribution in [-0.2, 0) is 0 Å². The summed E-state index contributed by atoms with van der Waals surface area (Å²) in [6.45, 7) is 2.62. The Morgan fingerprint density at radius 3 is 2.82 bits per heavy atom. The molecule has 3 rings (SSSR count). The first-order valence-electron chi connectivity index (χ1n) is 7.50. The van der Waals surface area contributed by atoms with Crippen molar-refractivity contribution in [2.45, 2.75) is 6.04 Å². The van der Waals surface area contributed by atoms with E-state index in [1.807, 2.05) is 18.2 Å². The second-order valence-corrected chi connectivity index (χ2v) is 5.32. The lowest BCUT2D eigenvalue weighted by Crippen LogP contribution is -2.46. The van der Waals surface area contributed by atoms with Crippen molar-refractivity contribution >= 4 is 11.7 Å². The topological polar surface area (TPSA) is 57.3 Å². The zero-order valence-corrected chi connectivity index (χ0v) is 12.6. The van der Waals surface area contributed by atoms with Gasteiger partial charge in [0.05, 0.1) is 0 Å². The van der Waals surface area contributed by atoms with Crippen molar-refractivity contribution in [3.63, 3.8) is 0 Å². The summed E-state index contributed by atoms with van der Waals surface area (Å²) in [5, 5.41) is 6.15. The molecule has 114 valence electrons. The minimum atomic E-state index is -0.156. The Labute approximate surface area is 130 Å². The fraction of sp³-hybridized carbons (Fsp3) is 0.294. The normalized spacial score (nSPS) is 18.0. The van der Waals surface area contributed by atoms with E-state index in [-0.39, 0.29) is 11.9 Å². The van der Waals surface area contributed by atoms with Gasteiger partial charge in [-0.15, -0.1) is 0 Å². The van der Waals surface area contributed by atoms with Gasteiger partial charge in [0.25, 0.3) is 5.91 Å². The molecule has 1 aromatic heterocycles. The van der Waals surface area contributed by atoms with Gasteiger partial charge in [-0.05, 0) is 17.7 Å². The van der Waals surface area contributed by atoms with Crippen LogP contribution in [0.15, 0.2) is 48.5 Å². The summed E-state index contributed by atoms with van der Waals surface area (Å²) in [6.07, 6.45) is 0. The number of piperazine rings is 1. The minimum Gasteiger partial charge on any atom is -0.354 e. The molecular weight excluding hydrogens is 276 g/mol. The molecule has 5 nitrogen and oxygen atoms in total. The van der Waals surface area contributed by atoms with Gasteiger partial charge in [-0.3, -0.25) is 4.79 Å². The highest BCUT2D eigenvalue weighted by Gasteiger charge is 2.22. The summed E-state index contributed by atoms with van der Waals surface area (Å²) in [4.78, 5) is 18.4. The molecule has 2 heterocycles. The van der Waals surface area contributed by atoms with Gasteiger partial charge in [-0.1, -0.05) is 36.4 Å². The number of rotatable bonds is 3. The van der Waals surface area contributed by atoms with Crippen LogP contribution in [0.25, 0.3) is 0 Å². The highest BCUT2D eigenvalue weighted by atomic mass is 16.1. The summed E-state index contributed by atoms with van der Waals surface area (Å²) < 4.78 is 0. The Kier molecular flexibility index (Phi) is 4.34. The third kappa shape index (κ3) is 3.09. The standard InChI is InChI=1S/C17H20N4O/c1-18-17(22)14-8-5-9-16(20-14)21-11-10-19-15(12-21)13-6-3-2-4-7-13/h2-9,15,19H,10-12H2,1H3,(H,18,22)/t15-/m0/s1. The molecule has 0 saturated carbocycles. The molecule has 2 aromatic rings. The van der Waals surface area contributed by atoms with E-state index in [1.54, 1.807) is 13.1 Å². The van der Waals surface area contributed by atoms with Crippen molar-refractivity contribution < 1.29 is 4.79 Å². The van der Waals surface area contributed by atoms with Crippen molar-refractivity contribution in [2.75, 3.05) is 31.6 Å². The van der Waals surface area contributed by atoms with Gasteiger partial charge < -0.3 is 15.5 Å². The summed E-state index contributed by atoms with van der Waals surface area (Å²) in [5.41, 5.74) is 1.73. The molecular formula is C17H20N4O. The van der Waals surface area contributed by atoms with Crippen molar-refractivity contribution in [1.29, 1.82) is 0 Å². The van der Waals surface area contributed by atoms with Gasteiger partial charge in [0.2, 0.25) is 0 Å². The first-order chi connectivity index (χ1) is 10.8. The first-order valence-corrected chi connectivity index (χ1v) is 7.50. The van der Waals surface area contributed by atoms with E-state index in [4.69, 9.17) is 0 Å². The van der Waals surface area contributed by atoms with E-state index in [9.17, 15) is 4.79 Å². The molecule has 22 heavy (non-hydrogen) atoms. The van der Waals surface area contributed by atoms with Gasteiger partial charge in [0.1, 0.15) is 11.5 Å². The van der Waals surface area contributed by atoms with Crippen LogP contribution in [0.5, 0.6) is 0 Å². The van der Waals surface area contributed by atoms with Gasteiger partial charge in [0, 0.05) is 32.7 Å². The molecule has 2 N–H and O–H groups in total. The van der Waals surface area contributed by atoms with E-state index < -0.39 is 0 Å². The van der Waals surface area contributed by atoms with Crippen LogP contribution in [0, 0.1) is 0 Å². The third-order valence-electron chi connectivity index (χ3n) is 3.90. The number of amides is 1. The van der Waals surface area contributed by atoms with Crippen molar-refractivity contribution in [3.8, 4) is 0 Å². The fourth-order valence-electron chi connectivity index (χ4n) is 2.72. The molecule has 1 saturated heterocycles. The molecule has 5 heteroatoms. The molecule has 0 radical (unpaired) electrons. The van der Waals surface area contributed by atoms with E-state index in [0.717, 1.165) is 25.5 Å². The van der Waals surface area contributed by atoms with Crippen LogP contribution in [0.3, 0.4) is 0 Å². The first kappa shape index (κ1) is 14.5. The minimum absolute atomic E-state index is 0.156. The summed E-state index contributed by atoms with van der Waals surface area (Å²) in [6, 6.07) is 16.3. The Bertz CT molecular complexity index is 644. The molecule has 0 unspecified atom stereocenters. The highest BCUT2D eigenvalue weighted by Crippen LogP contribution is 2.21. The average Bonchev–Trinajstić information content (AvgIpc) is 2.62. The number of nitrogens with zero attached hydrogens (tertiary/aromatic N) is 2. The molecule has 0 bridgehead atoms. The number of benzene rings is 1. The lowest BCUT2D eigenvalue weighted by Gasteiger charge is -2.34. The Hall–Kier alpha value is -2.40. The van der Waals surface area contributed by atoms with Crippen LogP contribution >= 0.6 is 0 Å². The van der Waals surface area contributed by atoms with Crippen LogP contribution < -0.4 is 15.5 Å². The van der Waals surface area contributed by atoms with E-state index in [1.165, 1.54) is 5.56 Å². The maximum atomic E-state index is 11.7. The van der Waals surface area contributed by atoms with Crippen LogP contribution in [-0.4, -0.2) is 37.6 Å². The predicted molar refractivity (Wildman–Crippen MR) is 87.0 cm³/mol. The van der Waals surface area contributed by atoms with Crippen LogP contribution in [0.4, 0.5) is 5.82 Å². The lowest BCUT2D eigenvalue weighted by molar-refractivity contribution is 0.0958. The molecule has 1 aromatic carbocycles. The zero-order valence-electron chi connectivity index (χ0n) is 12.6. The average molecular weight is 296 g/mol. The van der Waals surface area contributed by atoms with E-state index in [0.29, 0.717) is 5.69 Å². The monoisotopic (exact) mass is 296 g/mol. The largest absolute Gasteiger partial charge is 0.354 e. The molecule has 0 spiro atoms. The molecule has 1 amide bonds. The Morgan fingerprint density at radius 1 is 1.23 bits per heavy atom. The number of pyridine rings is 1. The maximum Gasteiger partial charge on any atom is 0.269 e. The number of anilines is 1. The van der Waals surface area contributed by atoms with Crippen molar-refractivity contribution in [3.05, 3.63) is 59.8 Å². The maximum absolute atomic E-state index is 11.7. The van der Waals surface area contributed by atoms with Gasteiger partial charge in [-0.2, -0.15) is 0 Å². The summed E-state index contributed by atoms with van der Waals surface area (Å²) >= 11 is 0. The number of carbonyl (C=O) groups is 1. The molecule has 0 aliphatic carbocycles. The van der Waals surface area contributed by atoms with Gasteiger partial charge in [-0.25, -0.2) is 4.98 Å². The van der Waals surface area contributed by atoms with Crippen molar-refractivity contribution in [1.82, 2.24) is 15.6 Å². The number of hydrogen-bond donors (Lipinski definition) is 2. The van der Waals surface area contributed by atoms with Crippen LogP contribution in [0.2, 0.25) is 0 Å². The molecule has 1 aliphatic rings. The highest BCUT2D eigenvalue weighted by molar-refractivity contribution is 5.92.